The van der Waals surface area contributed by atoms with Crippen LogP contribution in [0, 0.1) is 5.92 Å². The quantitative estimate of drug-likeness (QED) is 0.821. The summed E-state index contributed by atoms with van der Waals surface area (Å²) in [5, 5.41) is 0. The first-order chi connectivity index (χ1) is 11.6. The predicted octanol–water partition coefficient (Wildman–Crippen LogP) is 3.90. The van der Waals surface area contributed by atoms with Gasteiger partial charge in [-0.05, 0) is 56.6 Å². The van der Waals surface area contributed by atoms with Crippen LogP contribution in [-0.2, 0) is 4.74 Å². The summed E-state index contributed by atoms with van der Waals surface area (Å²) >= 11 is 0. The van der Waals surface area contributed by atoms with Crippen molar-refractivity contribution in [1.82, 2.24) is 4.90 Å². The van der Waals surface area contributed by atoms with Crippen LogP contribution in [0.1, 0.15) is 55.8 Å². The Morgan fingerprint density at radius 1 is 1.21 bits per heavy atom. The fourth-order valence-corrected chi connectivity index (χ4v) is 3.71. The van der Waals surface area contributed by atoms with Crippen molar-refractivity contribution in [3.8, 4) is 5.75 Å². The lowest BCUT2D eigenvalue weighted by molar-refractivity contribution is 0.0624. The van der Waals surface area contributed by atoms with Crippen molar-refractivity contribution in [1.29, 1.82) is 0 Å². The van der Waals surface area contributed by atoms with Crippen molar-refractivity contribution in [2.75, 3.05) is 20.3 Å². The highest BCUT2D eigenvalue weighted by Gasteiger charge is 2.27. The molecule has 1 aromatic carbocycles. The average Bonchev–Trinajstić information content (AvgIpc) is 3.13. The van der Waals surface area contributed by atoms with Gasteiger partial charge in [0.15, 0.2) is 0 Å². The zero-order chi connectivity index (χ0) is 16.9. The van der Waals surface area contributed by atoms with Crippen LogP contribution in [-0.4, -0.2) is 43.2 Å². The topological polar surface area (TPSA) is 38.8 Å². The van der Waals surface area contributed by atoms with Crippen LogP contribution in [0.5, 0.6) is 5.75 Å². The lowest BCUT2D eigenvalue weighted by atomic mass is 9.86. The smallest absolute Gasteiger partial charge is 0.257 e. The maximum Gasteiger partial charge on any atom is 0.257 e. The molecule has 0 bridgehead atoms. The molecule has 4 heteroatoms. The largest absolute Gasteiger partial charge is 0.490 e. The SMILES string of the molecule is CC1CCC(N(C)C(=O)c2ccccc2OC[C@H]2CCCO2)CC1. The van der Waals surface area contributed by atoms with Crippen LogP contribution >= 0.6 is 0 Å². The molecule has 1 saturated carbocycles. The maximum atomic E-state index is 13.0. The molecule has 1 aliphatic heterocycles. The molecule has 1 aromatic rings. The number of ether oxygens (including phenoxy) is 2. The second-order valence-electron chi connectivity index (χ2n) is 7.27. The molecular formula is C20H29NO3. The Balaban J connectivity index is 1.65. The predicted molar refractivity (Wildman–Crippen MR) is 94.4 cm³/mol. The van der Waals surface area contributed by atoms with Crippen molar-refractivity contribution < 1.29 is 14.3 Å². The van der Waals surface area contributed by atoms with Crippen LogP contribution in [0.4, 0.5) is 0 Å². The first-order valence-corrected chi connectivity index (χ1v) is 9.25. The van der Waals surface area contributed by atoms with Crippen molar-refractivity contribution in [2.24, 2.45) is 5.92 Å². The highest BCUT2D eigenvalue weighted by Crippen LogP contribution is 2.29. The summed E-state index contributed by atoms with van der Waals surface area (Å²) in [4.78, 5) is 14.9. The number of carbonyl (C=O) groups is 1. The molecule has 1 saturated heterocycles. The molecule has 3 rings (SSSR count). The van der Waals surface area contributed by atoms with Gasteiger partial charge in [0.05, 0.1) is 11.7 Å². The van der Waals surface area contributed by atoms with Crippen LogP contribution in [0.25, 0.3) is 0 Å². The summed E-state index contributed by atoms with van der Waals surface area (Å²) in [6.07, 6.45) is 6.91. The molecule has 4 nitrogen and oxygen atoms in total. The number of rotatable bonds is 5. The summed E-state index contributed by atoms with van der Waals surface area (Å²) in [6, 6.07) is 7.93. The van der Waals surface area contributed by atoms with Gasteiger partial charge < -0.3 is 14.4 Å². The summed E-state index contributed by atoms with van der Waals surface area (Å²) in [7, 11) is 1.93. The van der Waals surface area contributed by atoms with Gasteiger partial charge in [0.1, 0.15) is 12.4 Å². The van der Waals surface area contributed by atoms with E-state index in [9.17, 15) is 4.79 Å². The van der Waals surface area contributed by atoms with Crippen molar-refractivity contribution >= 4 is 5.91 Å². The van der Waals surface area contributed by atoms with Gasteiger partial charge in [-0.15, -0.1) is 0 Å². The number of benzene rings is 1. The third-order valence-corrected chi connectivity index (χ3v) is 5.42. The second kappa shape index (κ2) is 8.02. The van der Waals surface area contributed by atoms with Crippen LogP contribution in [0.3, 0.4) is 0 Å². The normalized spacial score (nSPS) is 27.0. The molecule has 1 heterocycles. The average molecular weight is 331 g/mol. The van der Waals surface area contributed by atoms with E-state index in [1.807, 2.05) is 36.2 Å². The highest BCUT2D eigenvalue weighted by atomic mass is 16.5. The lowest BCUT2D eigenvalue weighted by Crippen LogP contribution is -2.39. The second-order valence-corrected chi connectivity index (χ2v) is 7.27. The Kier molecular flexibility index (Phi) is 5.77. The molecule has 132 valence electrons. The minimum Gasteiger partial charge on any atom is -0.490 e. The number of para-hydroxylation sites is 1. The molecule has 0 unspecified atom stereocenters. The summed E-state index contributed by atoms with van der Waals surface area (Å²) in [5.41, 5.74) is 0.664. The van der Waals surface area contributed by atoms with Gasteiger partial charge in [0.25, 0.3) is 5.91 Å². The summed E-state index contributed by atoms with van der Waals surface area (Å²) in [5.74, 6) is 1.53. The molecule has 0 spiro atoms. The molecule has 0 N–H and O–H groups in total. The number of amides is 1. The van der Waals surface area contributed by atoms with Gasteiger partial charge in [-0.3, -0.25) is 4.79 Å². The van der Waals surface area contributed by atoms with Crippen molar-refractivity contribution in [3.05, 3.63) is 29.8 Å². The van der Waals surface area contributed by atoms with E-state index in [1.165, 1.54) is 12.8 Å². The Bertz CT molecular complexity index is 546. The van der Waals surface area contributed by atoms with Gasteiger partial charge >= 0.3 is 0 Å². The summed E-state index contributed by atoms with van der Waals surface area (Å²) < 4.78 is 11.5. The van der Waals surface area contributed by atoms with Crippen LogP contribution in [0.15, 0.2) is 24.3 Å². The third-order valence-electron chi connectivity index (χ3n) is 5.42. The first kappa shape index (κ1) is 17.3. The van der Waals surface area contributed by atoms with Crippen LogP contribution in [0.2, 0.25) is 0 Å². The van der Waals surface area contributed by atoms with E-state index in [1.54, 1.807) is 0 Å². The monoisotopic (exact) mass is 331 g/mol. The molecule has 0 aromatic heterocycles. The van der Waals surface area contributed by atoms with Gasteiger partial charge in [0.2, 0.25) is 0 Å². The standard InChI is InChI=1S/C20H29NO3/c1-15-9-11-16(12-10-15)21(2)20(22)18-7-3-4-8-19(18)24-14-17-6-5-13-23-17/h3-4,7-8,15-17H,5-6,9-14H2,1-2H3/t15?,16?,17-/m1/s1. The van der Waals surface area contributed by atoms with Gasteiger partial charge in [-0.25, -0.2) is 0 Å². The Labute approximate surface area is 145 Å². The number of carbonyl (C=O) groups excluding carboxylic acids is 1. The number of hydrogen-bond acceptors (Lipinski definition) is 3. The van der Waals surface area contributed by atoms with E-state index >= 15 is 0 Å². The Morgan fingerprint density at radius 3 is 2.67 bits per heavy atom. The first-order valence-electron chi connectivity index (χ1n) is 9.25. The maximum absolute atomic E-state index is 13.0. The van der Waals surface area contributed by atoms with Gasteiger partial charge in [-0.2, -0.15) is 0 Å². The van der Waals surface area contributed by atoms with E-state index in [0.717, 1.165) is 38.2 Å². The number of hydrogen-bond donors (Lipinski definition) is 0. The zero-order valence-corrected chi connectivity index (χ0v) is 14.9. The van der Waals surface area contributed by atoms with Gasteiger partial charge in [-0.1, -0.05) is 19.1 Å². The molecule has 0 radical (unpaired) electrons. The fourth-order valence-electron chi connectivity index (χ4n) is 3.71. The van der Waals surface area contributed by atoms with Crippen molar-refractivity contribution in [3.63, 3.8) is 0 Å². The highest BCUT2D eigenvalue weighted by molar-refractivity contribution is 5.97. The van der Waals surface area contributed by atoms with Crippen molar-refractivity contribution in [2.45, 2.75) is 57.6 Å². The fraction of sp³-hybridized carbons (Fsp3) is 0.650. The summed E-state index contributed by atoms with van der Waals surface area (Å²) in [6.45, 7) is 3.64. The Morgan fingerprint density at radius 2 is 1.96 bits per heavy atom. The van der Waals surface area contributed by atoms with E-state index in [4.69, 9.17) is 9.47 Å². The molecule has 2 aliphatic rings. The molecular weight excluding hydrogens is 302 g/mol. The minimum absolute atomic E-state index is 0.0671. The lowest BCUT2D eigenvalue weighted by Gasteiger charge is -2.34. The van der Waals surface area contributed by atoms with E-state index in [2.05, 4.69) is 6.92 Å². The van der Waals surface area contributed by atoms with E-state index in [-0.39, 0.29) is 12.0 Å². The third kappa shape index (κ3) is 4.10. The Hall–Kier alpha value is -1.55. The molecule has 1 aliphatic carbocycles. The van der Waals surface area contributed by atoms with Crippen LogP contribution < -0.4 is 4.74 Å². The number of nitrogens with zero attached hydrogens (tertiary/aromatic N) is 1. The molecule has 2 fully saturated rings. The zero-order valence-electron chi connectivity index (χ0n) is 14.9. The molecule has 1 atom stereocenters. The minimum atomic E-state index is 0.0671. The van der Waals surface area contributed by atoms with E-state index < -0.39 is 0 Å². The van der Waals surface area contributed by atoms with Gasteiger partial charge in [0, 0.05) is 19.7 Å². The molecule has 24 heavy (non-hydrogen) atoms. The molecule has 1 amide bonds. The van der Waals surface area contributed by atoms with E-state index in [0.29, 0.717) is 24.0 Å².